The molecule has 114 valence electrons. The number of aryl methyl sites for hydroxylation is 1. The smallest absolute Gasteiger partial charge is 0.226 e. The number of methoxy groups -OCH3 is 1. The first kappa shape index (κ1) is 15.5. The fraction of sp³-hybridized carbons (Fsp3) is 0.467. The minimum Gasteiger partial charge on any atom is -0.485 e. The largest absolute Gasteiger partial charge is 0.485 e. The lowest BCUT2D eigenvalue weighted by Crippen LogP contribution is -2.19. The third-order valence-corrected chi connectivity index (χ3v) is 2.94. The van der Waals surface area contributed by atoms with E-state index in [9.17, 15) is 0 Å². The SMILES string of the molecule is CCc1nc(COc2ccccc2CNCCOC)no1. The second kappa shape index (κ2) is 8.39. The van der Waals surface area contributed by atoms with Crippen LogP contribution in [0.2, 0.25) is 0 Å². The van der Waals surface area contributed by atoms with E-state index in [0.717, 1.165) is 30.8 Å². The van der Waals surface area contributed by atoms with E-state index in [0.29, 0.717) is 24.9 Å². The van der Waals surface area contributed by atoms with Crippen LogP contribution in [0.3, 0.4) is 0 Å². The molecule has 0 aliphatic carbocycles. The van der Waals surface area contributed by atoms with Crippen LogP contribution in [0.5, 0.6) is 5.75 Å². The number of hydrogen-bond acceptors (Lipinski definition) is 6. The van der Waals surface area contributed by atoms with Gasteiger partial charge in [-0.1, -0.05) is 30.3 Å². The molecule has 0 spiro atoms. The molecule has 0 bridgehead atoms. The van der Waals surface area contributed by atoms with Gasteiger partial charge in [0.25, 0.3) is 0 Å². The minimum absolute atomic E-state index is 0.304. The lowest BCUT2D eigenvalue weighted by Gasteiger charge is -2.10. The maximum Gasteiger partial charge on any atom is 0.226 e. The summed E-state index contributed by atoms with van der Waals surface area (Å²) in [6, 6.07) is 7.91. The summed E-state index contributed by atoms with van der Waals surface area (Å²) < 4.78 is 15.8. The summed E-state index contributed by atoms with van der Waals surface area (Å²) in [5, 5.41) is 7.17. The van der Waals surface area contributed by atoms with Gasteiger partial charge in [0.05, 0.1) is 6.61 Å². The van der Waals surface area contributed by atoms with Gasteiger partial charge in [-0.15, -0.1) is 0 Å². The summed E-state index contributed by atoms with van der Waals surface area (Å²) in [7, 11) is 1.69. The van der Waals surface area contributed by atoms with Crippen LogP contribution in [0, 0.1) is 0 Å². The Kier molecular flexibility index (Phi) is 6.18. The topological polar surface area (TPSA) is 69.4 Å². The van der Waals surface area contributed by atoms with Gasteiger partial charge in [0.2, 0.25) is 11.7 Å². The van der Waals surface area contributed by atoms with Crippen molar-refractivity contribution in [1.82, 2.24) is 15.5 Å². The molecule has 0 aliphatic heterocycles. The molecule has 6 nitrogen and oxygen atoms in total. The maximum absolute atomic E-state index is 5.78. The highest BCUT2D eigenvalue weighted by molar-refractivity contribution is 5.33. The predicted molar refractivity (Wildman–Crippen MR) is 78.0 cm³/mol. The lowest BCUT2D eigenvalue weighted by atomic mass is 10.2. The van der Waals surface area contributed by atoms with Gasteiger partial charge < -0.3 is 19.3 Å². The summed E-state index contributed by atoms with van der Waals surface area (Å²) >= 11 is 0. The van der Waals surface area contributed by atoms with Gasteiger partial charge in [0.1, 0.15) is 5.75 Å². The van der Waals surface area contributed by atoms with Gasteiger partial charge in [-0.05, 0) is 6.07 Å². The number of rotatable bonds is 9. The molecule has 1 aromatic carbocycles. The van der Waals surface area contributed by atoms with Gasteiger partial charge in [-0.25, -0.2) is 0 Å². The molecule has 2 aromatic rings. The Hall–Kier alpha value is -1.92. The third kappa shape index (κ3) is 4.84. The number of aromatic nitrogens is 2. The molecule has 0 aliphatic rings. The van der Waals surface area contributed by atoms with Crippen LogP contribution in [0.25, 0.3) is 0 Å². The predicted octanol–water partition coefficient (Wildman–Crippen LogP) is 1.95. The van der Waals surface area contributed by atoms with Crippen LogP contribution in [-0.2, 0) is 24.3 Å². The van der Waals surface area contributed by atoms with Crippen LogP contribution in [-0.4, -0.2) is 30.4 Å². The van der Waals surface area contributed by atoms with Crippen LogP contribution >= 0.6 is 0 Å². The standard InChI is InChI=1S/C15H21N3O3/c1-3-15-17-14(18-21-15)11-20-13-7-5-4-6-12(13)10-16-8-9-19-2/h4-7,16H,3,8-11H2,1-2H3. The van der Waals surface area contributed by atoms with Crippen molar-refractivity contribution in [2.45, 2.75) is 26.5 Å². The van der Waals surface area contributed by atoms with Crippen LogP contribution in [0.15, 0.2) is 28.8 Å². The Morgan fingerprint density at radius 2 is 2.14 bits per heavy atom. The highest BCUT2D eigenvalue weighted by Crippen LogP contribution is 2.18. The van der Waals surface area contributed by atoms with Crippen molar-refractivity contribution in [3.8, 4) is 5.75 Å². The normalized spacial score (nSPS) is 10.8. The van der Waals surface area contributed by atoms with Crippen molar-refractivity contribution in [3.05, 3.63) is 41.5 Å². The van der Waals surface area contributed by atoms with Crippen LogP contribution < -0.4 is 10.1 Å². The average molecular weight is 291 g/mol. The van der Waals surface area contributed by atoms with Crippen LogP contribution in [0.4, 0.5) is 0 Å². The summed E-state index contributed by atoms with van der Waals surface area (Å²) in [6.45, 7) is 4.49. The summed E-state index contributed by atoms with van der Waals surface area (Å²) in [4.78, 5) is 4.23. The van der Waals surface area contributed by atoms with Crippen molar-refractivity contribution in [3.63, 3.8) is 0 Å². The molecule has 0 unspecified atom stereocenters. The summed E-state index contributed by atoms with van der Waals surface area (Å²) in [5.41, 5.74) is 1.09. The molecule has 0 saturated heterocycles. The maximum atomic E-state index is 5.78. The molecule has 0 radical (unpaired) electrons. The van der Waals surface area contributed by atoms with Crippen molar-refractivity contribution in [2.24, 2.45) is 0 Å². The molecule has 21 heavy (non-hydrogen) atoms. The number of para-hydroxylation sites is 1. The fourth-order valence-corrected chi connectivity index (χ4v) is 1.82. The molecule has 1 heterocycles. The molecule has 0 atom stereocenters. The summed E-state index contributed by atoms with van der Waals surface area (Å²) in [5.74, 6) is 2.02. The Bertz CT molecular complexity index is 542. The quantitative estimate of drug-likeness (QED) is 0.712. The van der Waals surface area contributed by atoms with Crippen molar-refractivity contribution >= 4 is 0 Å². The van der Waals surface area contributed by atoms with E-state index >= 15 is 0 Å². The zero-order valence-corrected chi connectivity index (χ0v) is 12.5. The van der Waals surface area contributed by atoms with Crippen molar-refractivity contribution in [2.75, 3.05) is 20.3 Å². The first-order chi connectivity index (χ1) is 10.3. The fourth-order valence-electron chi connectivity index (χ4n) is 1.82. The number of nitrogens with one attached hydrogen (secondary N) is 1. The molecule has 2 rings (SSSR count). The Labute approximate surface area is 124 Å². The van der Waals surface area contributed by atoms with Gasteiger partial charge in [-0.2, -0.15) is 4.98 Å². The highest BCUT2D eigenvalue weighted by atomic mass is 16.5. The van der Waals surface area contributed by atoms with E-state index < -0.39 is 0 Å². The van der Waals surface area contributed by atoms with E-state index in [2.05, 4.69) is 15.5 Å². The molecular weight excluding hydrogens is 270 g/mol. The molecule has 1 aromatic heterocycles. The Morgan fingerprint density at radius 3 is 2.90 bits per heavy atom. The first-order valence-corrected chi connectivity index (χ1v) is 7.05. The number of benzene rings is 1. The van der Waals surface area contributed by atoms with Gasteiger partial charge in [0.15, 0.2) is 6.61 Å². The van der Waals surface area contributed by atoms with E-state index in [1.807, 2.05) is 31.2 Å². The van der Waals surface area contributed by atoms with Crippen molar-refractivity contribution in [1.29, 1.82) is 0 Å². The van der Waals surface area contributed by atoms with E-state index in [4.69, 9.17) is 14.0 Å². The monoisotopic (exact) mass is 291 g/mol. The molecule has 1 N–H and O–H groups in total. The van der Waals surface area contributed by atoms with E-state index in [1.165, 1.54) is 0 Å². The van der Waals surface area contributed by atoms with Gasteiger partial charge in [0, 0.05) is 32.2 Å². The lowest BCUT2D eigenvalue weighted by molar-refractivity contribution is 0.199. The summed E-state index contributed by atoms with van der Waals surface area (Å²) in [6.07, 6.45) is 0.729. The molecular formula is C15H21N3O3. The highest BCUT2D eigenvalue weighted by Gasteiger charge is 2.07. The van der Waals surface area contributed by atoms with Crippen molar-refractivity contribution < 1.29 is 14.0 Å². The minimum atomic E-state index is 0.304. The van der Waals surface area contributed by atoms with Gasteiger partial charge >= 0.3 is 0 Å². The zero-order valence-electron chi connectivity index (χ0n) is 12.5. The second-order valence-corrected chi connectivity index (χ2v) is 4.52. The first-order valence-electron chi connectivity index (χ1n) is 7.05. The third-order valence-electron chi connectivity index (χ3n) is 2.94. The molecule has 0 saturated carbocycles. The zero-order chi connectivity index (χ0) is 14.9. The second-order valence-electron chi connectivity index (χ2n) is 4.52. The number of nitrogens with zero attached hydrogens (tertiary/aromatic N) is 2. The van der Waals surface area contributed by atoms with Gasteiger partial charge in [-0.3, -0.25) is 0 Å². The van der Waals surface area contributed by atoms with Crippen LogP contribution in [0.1, 0.15) is 24.2 Å². The molecule has 6 heteroatoms. The number of ether oxygens (including phenoxy) is 2. The average Bonchev–Trinajstić information content (AvgIpc) is 2.98. The Balaban J connectivity index is 1.89. The molecule has 0 amide bonds. The van der Waals surface area contributed by atoms with E-state index in [1.54, 1.807) is 7.11 Å². The Morgan fingerprint density at radius 1 is 1.29 bits per heavy atom. The number of hydrogen-bond donors (Lipinski definition) is 1. The van der Waals surface area contributed by atoms with E-state index in [-0.39, 0.29) is 0 Å². The molecule has 0 fully saturated rings.